The molecular formula is C15H14F3N. The van der Waals surface area contributed by atoms with Gasteiger partial charge in [-0.3, -0.25) is 0 Å². The van der Waals surface area contributed by atoms with Crippen LogP contribution in [0.3, 0.4) is 0 Å². The summed E-state index contributed by atoms with van der Waals surface area (Å²) in [4.78, 5) is 0. The lowest BCUT2D eigenvalue weighted by atomic mass is 10.1. The highest BCUT2D eigenvalue weighted by molar-refractivity contribution is 5.45. The molecule has 0 fully saturated rings. The molecule has 0 aromatic heterocycles. The minimum Gasteiger partial charge on any atom is -0.381 e. The third-order valence-electron chi connectivity index (χ3n) is 2.87. The Kier molecular flexibility index (Phi) is 4.10. The van der Waals surface area contributed by atoms with Gasteiger partial charge in [0.1, 0.15) is 5.82 Å². The van der Waals surface area contributed by atoms with Crippen molar-refractivity contribution in [2.24, 2.45) is 0 Å². The van der Waals surface area contributed by atoms with E-state index in [0.717, 1.165) is 5.56 Å². The molecule has 100 valence electrons. The number of aryl methyl sites for hydroxylation is 1. The number of hydrogen-bond donors (Lipinski definition) is 1. The van der Waals surface area contributed by atoms with Gasteiger partial charge in [-0.15, -0.1) is 0 Å². The van der Waals surface area contributed by atoms with E-state index in [1.807, 2.05) is 0 Å². The monoisotopic (exact) mass is 265 g/mol. The molecule has 1 nitrogen and oxygen atoms in total. The summed E-state index contributed by atoms with van der Waals surface area (Å²) in [5, 5.41) is 3.01. The number of anilines is 1. The van der Waals surface area contributed by atoms with Crippen LogP contribution >= 0.6 is 0 Å². The van der Waals surface area contributed by atoms with E-state index in [4.69, 9.17) is 0 Å². The summed E-state index contributed by atoms with van der Waals surface area (Å²) in [6.45, 7) is 2.06. The maximum atomic E-state index is 13.3. The smallest absolute Gasteiger partial charge is 0.263 e. The van der Waals surface area contributed by atoms with E-state index in [9.17, 15) is 13.2 Å². The minimum atomic E-state index is -2.48. The maximum absolute atomic E-state index is 13.3. The van der Waals surface area contributed by atoms with Crippen LogP contribution in [0, 0.1) is 12.7 Å². The molecule has 0 bridgehead atoms. The minimum absolute atomic E-state index is 0.00520. The van der Waals surface area contributed by atoms with Crippen LogP contribution in [0.25, 0.3) is 0 Å². The van der Waals surface area contributed by atoms with Gasteiger partial charge in [0.05, 0.1) is 0 Å². The van der Waals surface area contributed by atoms with Crippen molar-refractivity contribution in [2.45, 2.75) is 19.9 Å². The molecule has 0 unspecified atom stereocenters. The highest BCUT2D eigenvalue weighted by Gasteiger charge is 2.07. The zero-order chi connectivity index (χ0) is 13.8. The summed E-state index contributed by atoms with van der Waals surface area (Å²) in [5.74, 6) is -0.286. The van der Waals surface area contributed by atoms with Gasteiger partial charge in [0.2, 0.25) is 0 Å². The van der Waals surface area contributed by atoms with E-state index in [0.29, 0.717) is 17.8 Å². The summed E-state index contributed by atoms with van der Waals surface area (Å²) < 4.78 is 38.4. The molecule has 2 aromatic carbocycles. The molecule has 19 heavy (non-hydrogen) atoms. The number of benzene rings is 2. The van der Waals surface area contributed by atoms with Crippen molar-refractivity contribution in [3.8, 4) is 0 Å². The van der Waals surface area contributed by atoms with Gasteiger partial charge in [-0.25, -0.2) is 13.2 Å². The Morgan fingerprint density at radius 1 is 1.11 bits per heavy atom. The fourth-order valence-electron chi connectivity index (χ4n) is 1.75. The Bertz CT molecular complexity index is 567. The fraction of sp³-hybridized carbons (Fsp3) is 0.200. The standard InChI is InChI=1S/C15H14F3N/c1-10-5-6-13(8-14(10)16)19-9-11-3-2-4-12(7-11)15(17)18/h2-8,15,19H,9H2,1H3. The number of alkyl halides is 2. The van der Waals surface area contributed by atoms with Crippen LogP contribution in [0.1, 0.15) is 23.1 Å². The lowest BCUT2D eigenvalue weighted by Gasteiger charge is -2.09. The lowest BCUT2D eigenvalue weighted by molar-refractivity contribution is 0.151. The molecule has 0 saturated heterocycles. The topological polar surface area (TPSA) is 12.0 Å². The normalized spacial score (nSPS) is 10.8. The van der Waals surface area contributed by atoms with Crippen LogP contribution in [-0.2, 0) is 6.54 Å². The number of halogens is 3. The van der Waals surface area contributed by atoms with Crippen molar-refractivity contribution >= 4 is 5.69 Å². The largest absolute Gasteiger partial charge is 0.381 e. The van der Waals surface area contributed by atoms with Crippen LogP contribution in [0.15, 0.2) is 42.5 Å². The Balaban J connectivity index is 2.05. The molecule has 0 aliphatic heterocycles. The van der Waals surface area contributed by atoms with Gasteiger partial charge in [0.15, 0.2) is 0 Å². The zero-order valence-electron chi connectivity index (χ0n) is 10.5. The molecule has 0 saturated carbocycles. The summed E-state index contributed by atoms with van der Waals surface area (Å²) in [6, 6.07) is 11.0. The van der Waals surface area contributed by atoms with Crippen molar-refractivity contribution in [1.82, 2.24) is 0 Å². The zero-order valence-corrected chi connectivity index (χ0v) is 10.5. The molecule has 0 amide bonds. The highest BCUT2D eigenvalue weighted by atomic mass is 19.3. The third kappa shape index (κ3) is 3.50. The Morgan fingerprint density at radius 3 is 2.58 bits per heavy atom. The van der Waals surface area contributed by atoms with Crippen molar-refractivity contribution in [1.29, 1.82) is 0 Å². The number of rotatable bonds is 4. The Labute approximate surface area is 110 Å². The second-order valence-corrected chi connectivity index (χ2v) is 4.36. The van der Waals surface area contributed by atoms with Gasteiger partial charge in [-0.2, -0.15) is 0 Å². The van der Waals surface area contributed by atoms with Crippen LogP contribution < -0.4 is 5.32 Å². The molecule has 0 atom stereocenters. The van der Waals surface area contributed by atoms with Crippen molar-refractivity contribution in [2.75, 3.05) is 5.32 Å². The van der Waals surface area contributed by atoms with Crippen LogP contribution in [0.2, 0.25) is 0 Å². The average Bonchev–Trinajstić information content (AvgIpc) is 2.40. The quantitative estimate of drug-likeness (QED) is 0.846. The third-order valence-corrected chi connectivity index (χ3v) is 2.87. The first-order valence-electron chi connectivity index (χ1n) is 5.93. The molecule has 0 spiro atoms. The first-order valence-corrected chi connectivity index (χ1v) is 5.93. The fourth-order valence-corrected chi connectivity index (χ4v) is 1.75. The maximum Gasteiger partial charge on any atom is 0.263 e. The first kappa shape index (κ1) is 13.5. The van der Waals surface area contributed by atoms with E-state index >= 15 is 0 Å². The van der Waals surface area contributed by atoms with Crippen LogP contribution in [-0.4, -0.2) is 0 Å². The van der Waals surface area contributed by atoms with Gasteiger partial charge in [0, 0.05) is 17.8 Å². The second kappa shape index (κ2) is 5.78. The summed E-state index contributed by atoms with van der Waals surface area (Å²) in [6.07, 6.45) is -2.48. The molecular weight excluding hydrogens is 251 g/mol. The Hall–Kier alpha value is -1.97. The summed E-state index contributed by atoms with van der Waals surface area (Å²) >= 11 is 0. The molecule has 1 N–H and O–H groups in total. The van der Waals surface area contributed by atoms with E-state index in [-0.39, 0.29) is 11.4 Å². The van der Waals surface area contributed by atoms with Crippen molar-refractivity contribution < 1.29 is 13.2 Å². The lowest BCUT2D eigenvalue weighted by Crippen LogP contribution is -2.00. The van der Waals surface area contributed by atoms with E-state index in [1.54, 1.807) is 31.2 Å². The molecule has 0 heterocycles. The molecule has 0 aliphatic carbocycles. The van der Waals surface area contributed by atoms with Crippen molar-refractivity contribution in [3.63, 3.8) is 0 Å². The van der Waals surface area contributed by atoms with E-state index < -0.39 is 6.43 Å². The van der Waals surface area contributed by atoms with Gasteiger partial charge in [-0.1, -0.05) is 24.3 Å². The van der Waals surface area contributed by atoms with Gasteiger partial charge >= 0.3 is 0 Å². The predicted octanol–water partition coefficient (Wildman–Crippen LogP) is 4.68. The predicted molar refractivity (Wildman–Crippen MR) is 69.9 cm³/mol. The molecule has 2 aromatic rings. The van der Waals surface area contributed by atoms with Crippen LogP contribution in [0.4, 0.5) is 18.9 Å². The van der Waals surface area contributed by atoms with Crippen molar-refractivity contribution in [3.05, 3.63) is 65.0 Å². The van der Waals surface area contributed by atoms with Gasteiger partial charge < -0.3 is 5.32 Å². The van der Waals surface area contributed by atoms with E-state index in [2.05, 4.69) is 5.32 Å². The summed E-state index contributed by atoms with van der Waals surface area (Å²) in [7, 11) is 0. The Morgan fingerprint density at radius 2 is 1.89 bits per heavy atom. The number of nitrogens with one attached hydrogen (secondary N) is 1. The molecule has 4 heteroatoms. The summed E-state index contributed by atoms with van der Waals surface area (Å²) in [5.41, 5.74) is 1.93. The molecule has 2 rings (SSSR count). The van der Waals surface area contributed by atoms with Crippen LogP contribution in [0.5, 0.6) is 0 Å². The SMILES string of the molecule is Cc1ccc(NCc2cccc(C(F)F)c2)cc1F. The first-order chi connectivity index (χ1) is 9.06. The second-order valence-electron chi connectivity index (χ2n) is 4.36. The van der Waals surface area contributed by atoms with E-state index in [1.165, 1.54) is 18.2 Å². The molecule has 0 aliphatic rings. The molecule has 0 radical (unpaired) electrons. The van der Waals surface area contributed by atoms with Gasteiger partial charge in [0.25, 0.3) is 6.43 Å². The highest BCUT2D eigenvalue weighted by Crippen LogP contribution is 2.20. The average molecular weight is 265 g/mol. The number of hydrogen-bond acceptors (Lipinski definition) is 1. The van der Waals surface area contributed by atoms with Gasteiger partial charge in [-0.05, 0) is 36.2 Å².